The number of nitrogens with one attached hydrogen (secondary N) is 3. The standard InChI is InChI=1S/C25H29F3N4O2/c26-25(27,28)18-12-14-32(15-13-18)21-10-8-20(9-11-21)30-19-6-4-17(5-7-19)16-29-24(34)22-2-1-3-23(33)31-22/h4-11,18,22,30H,1-3,12-16H2,(H,29,34)(H,31,33)/t22-/m1/s1. The van der Waals surface area contributed by atoms with Crippen molar-refractivity contribution in [1.82, 2.24) is 10.6 Å². The summed E-state index contributed by atoms with van der Waals surface area (Å²) in [5.74, 6) is -1.45. The Kier molecular flexibility index (Phi) is 7.29. The fourth-order valence-corrected chi connectivity index (χ4v) is 4.41. The maximum Gasteiger partial charge on any atom is 0.391 e. The summed E-state index contributed by atoms with van der Waals surface area (Å²) in [6.07, 6.45) is -1.99. The molecule has 0 saturated carbocycles. The molecule has 0 aromatic heterocycles. The molecule has 0 aliphatic carbocycles. The van der Waals surface area contributed by atoms with Crippen LogP contribution in [0.1, 0.15) is 37.7 Å². The summed E-state index contributed by atoms with van der Waals surface area (Å²) >= 11 is 0. The summed E-state index contributed by atoms with van der Waals surface area (Å²) in [5, 5.41) is 8.89. The molecule has 2 aliphatic rings. The summed E-state index contributed by atoms with van der Waals surface area (Å²) in [6, 6.07) is 14.9. The smallest absolute Gasteiger partial charge is 0.372 e. The highest BCUT2D eigenvalue weighted by atomic mass is 19.4. The van der Waals surface area contributed by atoms with Crippen molar-refractivity contribution in [3.63, 3.8) is 0 Å². The van der Waals surface area contributed by atoms with Crippen molar-refractivity contribution in [3.05, 3.63) is 54.1 Å². The Labute approximate surface area is 196 Å². The number of alkyl halides is 3. The first-order valence-corrected chi connectivity index (χ1v) is 11.6. The number of hydrogen-bond acceptors (Lipinski definition) is 4. The minimum Gasteiger partial charge on any atom is -0.372 e. The molecule has 4 rings (SSSR count). The number of carbonyl (C=O) groups excluding carboxylic acids is 2. The highest BCUT2D eigenvalue weighted by Crippen LogP contribution is 2.35. The minimum atomic E-state index is -4.10. The van der Waals surface area contributed by atoms with Gasteiger partial charge in [-0.2, -0.15) is 13.2 Å². The summed E-state index contributed by atoms with van der Waals surface area (Å²) in [4.78, 5) is 25.7. The zero-order valence-electron chi connectivity index (χ0n) is 18.8. The Bertz CT molecular complexity index is 985. The van der Waals surface area contributed by atoms with Gasteiger partial charge in [0.1, 0.15) is 6.04 Å². The maximum absolute atomic E-state index is 12.9. The van der Waals surface area contributed by atoms with Gasteiger partial charge in [0.15, 0.2) is 0 Å². The van der Waals surface area contributed by atoms with Crippen molar-refractivity contribution in [2.24, 2.45) is 5.92 Å². The molecule has 2 aromatic rings. The van der Waals surface area contributed by atoms with Crippen LogP contribution in [0, 0.1) is 5.92 Å². The second-order valence-electron chi connectivity index (χ2n) is 8.90. The molecular weight excluding hydrogens is 445 g/mol. The lowest BCUT2D eigenvalue weighted by atomic mass is 9.96. The summed E-state index contributed by atoms with van der Waals surface area (Å²) < 4.78 is 38.6. The van der Waals surface area contributed by atoms with E-state index in [1.165, 1.54) is 0 Å². The highest BCUT2D eigenvalue weighted by Gasteiger charge is 2.41. The lowest BCUT2D eigenvalue weighted by molar-refractivity contribution is -0.179. The molecular formula is C25H29F3N4O2. The molecule has 0 radical (unpaired) electrons. The number of benzene rings is 2. The monoisotopic (exact) mass is 474 g/mol. The van der Waals surface area contributed by atoms with Crippen molar-refractivity contribution in [2.75, 3.05) is 23.3 Å². The number of nitrogens with zero attached hydrogens (tertiary/aromatic N) is 1. The average molecular weight is 475 g/mol. The first-order valence-electron chi connectivity index (χ1n) is 11.6. The molecule has 0 bridgehead atoms. The average Bonchev–Trinajstić information content (AvgIpc) is 2.83. The number of rotatable bonds is 6. The van der Waals surface area contributed by atoms with Crippen LogP contribution in [0.4, 0.5) is 30.2 Å². The van der Waals surface area contributed by atoms with Gasteiger partial charge in [-0.05, 0) is 67.6 Å². The molecule has 2 aliphatic heterocycles. The van der Waals surface area contributed by atoms with Crippen LogP contribution in [0.2, 0.25) is 0 Å². The van der Waals surface area contributed by atoms with E-state index in [0.29, 0.717) is 32.5 Å². The van der Waals surface area contributed by atoms with E-state index in [2.05, 4.69) is 16.0 Å². The second kappa shape index (κ2) is 10.4. The Morgan fingerprint density at radius 1 is 0.971 bits per heavy atom. The third-order valence-electron chi connectivity index (χ3n) is 6.45. The van der Waals surface area contributed by atoms with Gasteiger partial charge in [0.25, 0.3) is 0 Å². The Morgan fingerprint density at radius 2 is 1.59 bits per heavy atom. The van der Waals surface area contributed by atoms with E-state index >= 15 is 0 Å². The fourth-order valence-electron chi connectivity index (χ4n) is 4.41. The van der Waals surface area contributed by atoms with Gasteiger partial charge in [0.2, 0.25) is 11.8 Å². The van der Waals surface area contributed by atoms with E-state index in [0.717, 1.165) is 29.0 Å². The lowest BCUT2D eigenvalue weighted by Crippen LogP contribution is -2.48. The predicted molar refractivity (Wildman–Crippen MR) is 125 cm³/mol. The van der Waals surface area contributed by atoms with Crippen molar-refractivity contribution < 1.29 is 22.8 Å². The molecule has 9 heteroatoms. The Morgan fingerprint density at radius 3 is 2.18 bits per heavy atom. The number of piperidine rings is 2. The highest BCUT2D eigenvalue weighted by molar-refractivity contribution is 5.88. The largest absolute Gasteiger partial charge is 0.391 e. The van der Waals surface area contributed by atoms with Gasteiger partial charge in [0, 0.05) is 43.1 Å². The molecule has 1 atom stereocenters. The van der Waals surface area contributed by atoms with Crippen molar-refractivity contribution in [3.8, 4) is 0 Å². The fraction of sp³-hybridized carbons (Fsp3) is 0.440. The van der Waals surface area contributed by atoms with E-state index in [-0.39, 0.29) is 24.7 Å². The molecule has 2 amide bonds. The van der Waals surface area contributed by atoms with Crippen LogP contribution in [-0.2, 0) is 16.1 Å². The minimum absolute atomic E-state index is 0.0825. The molecule has 2 fully saturated rings. The van der Waals surface area contributed by atoms with E-state index in [9.17, 15) is 22.8 Å². The Balaban J connectivity index is 1.25. The second-order valence-corrected chi connectivity index (χ2v) is 8.90. The van der Waals surface area contributed by atoms with Crippen LogP contribution in [-0.4, -0.2) is 37.1 Å². The van der Waals surface area contributed by atoms with Gasteiger partial charge in [0.05, 0.1) is 5.92 Å². The third-order valence-corrected chi connectivity index (χ3v) is 6.45. The van der Waals surface area contributed by atoms with Gasteiger partial charge < -0.3 is 20.9 Å². The van der Waals surface area contributed by atoms with E-state index in [1.807, 2.05) is 53.4 Å². The molecule has 0 spiro atoms. The molecule has 3 N–H and O–H groups in total. The molecule has 34 heavy (non-hydrogen) atoms. The van der Waals surface area contributed by atoms with Gasteiger partial charge >= 0.3 is 6.18 Å². The van der Waals surface area contributed by atoms with Gasteiger partial charge in [-0.3, -0.25) is 9.59 Å². The summed E-state index contributed by atoms with van der Waals surface area (Å²) in [7, 11) is 0. The van der Waals surface area contributed by atoms with Crippen LogP contribution in [0.15, 0.2) is 48.5 Å². The number of carbonyl (C=O) groups is 2. The zero-order valence-corrected chi connectivity index (χ0v) is 18.8. The van der Waals surface area contributed by atoms with E-state index in [4.69, 9.17) is 0 Å². The molecule has 182 valence electrons. The summed E-state index contributed by atoms with van der Waals surface area (Å²) in [5.41, 5.74) is 3.63. The number of amides is 2. The third kappa shape index (κ3) is 6.21. The first-order chi connectivity index (χ1) is 16.3. The van der Waals surface area contributed by atoms with Crippen molar-refractivity contribution in [1.29, 1.82) is 0 Å². The van der Waals surface area contributed by atoms with E-state index < -0.39 is 18.1 Å². The topological polar surface area (TPSA) is 73.5 Å². The van der Waals surface area contributed by atoms with Crippen molar-refractivity contribution >= 4 is 28.9 Å². The molecule has 0 unspecified atom stereocenters. The van der Waals surface area contributed by atoms with Crippen LogP contribution >= 0.6 is 0 Å². The quantitative estimate of drug-likeness (QED) is 0.577. The van der Waals surface area contributed by atoms with Crippen LogP contribution in [0.5, 0.6) is 0 Å². The Hall–Kier alpha value is -3.23. The van der Waals surface area contributed by atoms with E-state index in [1.54, 1.807) is 0 Å². The van der Waals surface area contributed by atoms with Crippen LogP contribution in [0.3, 0.4) is 0 Å². The number of anilines is 3. The molecule has 2 heterocycles. The molecule has 2 saturated heterocycles. The summed E-state index contributed by atoms with van der Waals surface area (Å²) in [6.45, 7) is 1.19. The van der Waals surface area contributed by atoms with Crippen LogP contribution in [0.25, 0.3) is 0 Å². The van der Waals surface area contributed by atoms with Crippen LogP contribution < -0.4 is 20.9 Å². The zero-order chi connectivity index (χ0) is 24.1. The maximum atomic E-state index is 12.9. The predicted octanol–water partition coefficient (Wildman–Crippen LogP) is 4.49. The molecule has 2 aromatic carbocycles. The van der Waals surface area contributed by atoms with Gasteiger partial charge in [-0.15, -0.1) is 0 Å². The SMILES string of the molecule is O=C1CCC[C@H](C(=O)NCc2ccc(Nc3ccc(N4CCC(C(F)(F)F)CC4)cc3)cc2)N1. The molecule has 6 nitrogen and oxygen atoms in total. The van der Waals surface area contributed by atoms with Crippen molar-refractivity contribution in [2.45, 2.75) is 50.9 Å². The van der Waals surface area contributed by atoms with Gasteiger partial charge in [-0.25, -0.2) is 0 Å². The lowest BCUT2D eigenvalue weighted by Gasteiger charge is -2.34. The normalized spacial score (nSPS) is 19.4. The number of hydrogen-bond donors (Lipinski definition) is 3. The van der Waals surface area contributed by atoms with Gasteiger partial charge in [-0.1, -0.05) is 12.1 Å². The first kappa shape index (κ1) is 23.9. The number of halogens is 3.